The zero-order valence-corrected chi connectivity index (χ0v) is 15.2. The second kappa shape index (κ2) is 5.01. The lowest BCUT2D eigenvalue weighted by molar-refractivity contribution is -0.0415. The van der Waals surface area contributed by atoms with Gasteiger partial charge >= 0.3 is 0 Å². The van der Waals surface area contributed by atoms with Crippen molar-refractivity contribution in [3.05, 3.63) is 41.0 Å². The predicted molar refractivity (Wildman–Crippen MR) is 95.0 cm³/mol. The number of aliphatic hydroxyl groups excluding tert-OH is 1. The van der Waals surface area contributed by atoms with Gasteiger partial charge in [0.1, 0.15) is 29.0 Å². The van der Waals surface area contributed by atoms with Crippen LogP contribution in [0.3, 0.4) is 0 Å². The van der Waals surface area contributed by atoms with Crippen LogP contribution in [0, 0.1) is 0 Å². The van der Waals surface area contributed by atoms with E-state index in [0.29, 0.717) is 13.0 Å². The molecular formula is C21H20O6. The van der Waals surface area contributed by atoms with Crippen molar-refractivity contribution in [2.75, 3.05) is 13.4 Å². The maximum absolute atomic E-state index is 10.4. The third-order valence-electron chi connectivity index (χ3n) is 6.03. The molecule has 0 spiro atoms. The average molecular weight is 368 g/mol. The number of fused-ring (bicyclic) bond motifs is 7. The van der Waals surface area contributed by atoms with Crippen molar-refractivity contribution in [1.29, 1.82) is 0 Å². The molecule has 0 saturated heterocycles. The molecule has 1 N–H and O–H groups in total. The second-order valence-corrected chi connectivity index (χ2v) is 8.12. The third-order valence-corrected chi connectivity index (χ3v) is 6.03. The number of ether oxygens (including phenoxy) is 5. The molecule has 0 fully saturated rings. The Bertz CT molecular complexity index is 966. The highest BCUT2D eigenvalue weighted by Crippen LogP contribution is 2.55. The van der Waals surface area contributed by atoms with E-state index in [0.717, 1.165) is 45.4 Å². The minimum absolute atomic E-state index is 0.103. The van der Waals surface area contributed by atoms with Gasteiger partial charge in [-0.2, -0.15) is 0 Å². The van der Waals surface area contributed by atoms with E-state index in [4.69, 9.17) is 23.7 Å². The summed E-state index contributed by atoms with van der Waals surface area (Å²) >= 11 is 0. The van der Waals surface area contributed by atoms with Gasteiger partial charge in [-0.25, -0.2) is 0 Å². The number of aliphatic hydroxyl groups is 1. The summed E-state index contributed by atoms with van der Waals surface area (Å²) in [6.07, 6.45) is -0.124. The van der Waals surface area contributed by atoms with Crippen molar-refractivity contribution in [3.8, 4) is 28.7 Å². The summed E-state index contributed by atoms with van der Waals surface area (Å²) in [6, 6.07) is 7.91. The summed E-state index contributed by atoms with van der Waals surface area (Å²) in [5.74, 6) is 3.96. The first-order chi connectivity index (χ1) is 13.0. The largest absolute Gasteiger partial charge is 0.492 e. The van der Waals surface area contributed by atoms with Gasteiger partial charge in [-0.15, -0.1) is 0 Å². The van der Waals surface area contributed by atoms with Crippen LogP contribution in [0.15, 0.2) is 24.3 Å². The van der Waals surface area contributed by atoms with E-state index in [-0.39, 0.29) is 18.8 Å². The Morgan fingerprint density at radius 1 is 0.889 bits per heavy atom. The molecular weight excluding hydrogens is 348 g/mol. The molecule has 27 heavy (non-hydrogen) atoms. The third kappa shape index (κ3) is 2.10. The zero-order chi connectivity index (χ0) is 18.3. The highest BCUT2D eigenvalue weighted by atomic mass is 16.7. The summed E-state index contributed by atoms with van der Waals surface area (Å²) in [4.78, 5) is 0. The molecule has 6 nitrogen and oxygen atoms in total. The normalized spacial score (nSPS) is 28.0. The van der Waals surface area contributed by atoms with Gasteiger partial charge in [0.25, 0.3) is 0 Å². The van der Waals surface area contributed by atoms with Gasteiger partial charge in [-0.1, -0.05) is 0 Å². The molecule has 0 aliphatic carbocycles. The van der Waals surface area contributed by atoms with Gasteiger partial charge in [-0.05, 0) is 31.5 Å². The quantitative estimate of drug-likeness (QED) is 0.771. The monoisotopic (exact) mass is 368 g/mol. The highest BCUT2D eigenvalue weighted by Gasteiger charge is 2.44. The van der Waals surface area contributed by atoms with Crippen LogP contribution in [0.25, 0.3) is 0 Å². The van der Waals surface area contributed by atoms with E-state index in [2.05, 4.69) is 6.07 Å². The molecule has 4 aliphatic heterocycles. The van der Waals surface area contributed by atoms with E-state index in [1.807, 2.05) is 32.0 Å². The summed E-state index contributed by atoms with van der Waals surface area (Å²) in [5, 5.41) is 10.4. The second-order valence-electron chi connectivity index (χ2n) is 8.12. The van der Waals surface area contributed by atoms with Crippen LogP contribution in [-0.2, 0) is 6.42 Å². The molecule has 3 atom stereocenters. The van der Waals surface area contributed by atoms with Crippen molar-refractivity contribution in [1.82, 2.24) is 0 Å². The van der Waals surface area contributed by atoms with Gasteiger partial charge in [0.2, 0.25) is 6.79 Å². The van der Waals surface area contributed by atoms with Gasteiger partial charge in [0, 0.05) is 29.7 Å². The number of benzene rings is 2. The summed E-state index contributed by atoms with van der Waals surface area (Å²) in [6.45, 7) is 4.58. The molecule has 6 rings (SSSR count). The van der Waals surface area contributed by atoms with Crippen molar-refractivity contribution in [2.45, 2.75) is 44.0 Å². The lowest BCUT2D eigenvalue weighted by Gasteiger charge is -2.38. The molecule has 2 aromatic rings. The van der Waals surface area contributed by atoms with E-state index in [1.54, 1.807) is 0 Å². The Morgan fingerprint density at radius 3 is 2.52 bits per heavy atom. The van der Waals surface area contributed by atoms with Gasteiger partial charge in [0.05, 0.1) is 18.6 Å². The number of rotatable bonds is 0. The van der Waals surface area contributed by atoms with Crippen LogP contribution >= 0.6 is 0 Å². The fourth-order valence-corrected chi connectivity index (χ4v) is 4.38. The van der Waals surface area contributed by atoms with Crippen LogP contribution in [0.1, 0.15) is 42.6 Å². The Balaban J connectivity index is 1.41. The number of hydrogen-bond acceptors (Lipinski definition) is 6. The van der Waals surface area contributed by atoms with Crippen LogP contribution in [0.2, 0.25) is 0 Å². The molecule has 6 heteroatoms. The maximum atomic E-state index is 10.4. The van der Waals surface area contributed by atoms with Crippen molar-refractivity contribution in [2.24, 2.45) is 0 Å². The average Bonchev–Trinajstić information content (AvgIpc) is 3.22. The first-order valence-corrected chi connectivity index (χ1v) is 9.26. The summed E-state index contributed by atoms with van der Waals surface area (Å²) in [5.41, 5.74) is 2.46. The van der Waals surface area contributed by atoms with Crippen molar-refractivity contribution in [3.63, 3.8) is 0 Å². The first kappa shape index (κ1) is 15.5. The standard InChI is InChI=1S/C21H20O6/c1-21(2)19(22)4-10-3-12-15(6-14(10)27-21)23-8-13-11-5-17-18(25-9-24-17)7-16(11)26-20(12)13/h3,5-7,13,19-20,22H,4,8-9H2,1-2H3/t13-,19-,20-/m0/s1. The smallest absolute Gasteiger partial charge is 0.231 e. The van der Waals surface area contributed by atoms with Crippen LogP contribution < -0.4 is 23.7 Å². The highest BCUT2D eigenvalue weighted by molar-refractivity contribution is 5.58. The van der Waals surface area contributed by atoms with E-state index >= 15 is 0 Å². The van der Waals surface area contributed by atoms with Crippen molar-refractivity contribution >= 4 is 0 Å². The molecule has 140 valence electrons. The summed E-state index contributed by atoms with van der Waals surface area (Å²) < 4.78 is 29.4. The Kier molecular flexibility index (Phi) is 2.87. The fourth-order valence-electron chi connectivity index (χ4n) is 4.38. The molecule has 0 aromatic heterocycles. The SMILES string of the molecule is CC1(C)Oc2cc3c(cc2C[C@@H]1O)[C@@H]1Oc2cc4c(cc2[C@@H]1CO3)OCO4. The molecule has 4 heterocycles. The Morgan fingerprint density at radius 2 is 1.67 bits per heavy atom. The lowest BCUT2D eigenvalue weighted by atomic mass is 9.85. The van der Waals surface area contributed by atoms with E-state index in [9.17, 15) is 5.11 Å². The topological polar surface area (TPSA) is 66.4 Å². The minimum Gasteiger partial charge on any atom is -0.492 e. The van der Waals surface area contributed by atoms with Crippen LogP contribution in [0.4, 0.5) is 0 Å². The molecule has 2 aromatic carbocycles. The molecule has 4 aliphatic rings. The fraction of sp³-hybridized carbons (Fsp3) is 0.429. The van der Waals surface area contributed by atoms with Crippen molar-refractivity contribution < 1.29 is 28.8 Å². The summed E-state index contributed by atoms with van der Waals surface area (Å²) in [7, 11) is 0. The van der Waals surface area contributed by atoms with Crippen LogP contribution in [0.5, 0.6) is 28.7 Å². The molecule has 0 bridgehead atoms. The minimum atomic E-state index is -0.612. The predicted octanol–water partition coefficient (Wildman–Crippen LogP) is 3.10. The van der Waals surface area contributed by atoms with Gasteiger partial charge in [-0.3, -0.25) is 0 Å². The van der Waals surface area contributed by atoms with E-state index < -0.39 is 11.7 Å². The molecule has 0 unspecified atom stereocenters. The molecule has 0 saturated carbocycles. The Labute approximate surface area is 156 Å². The lowest BCUT2D eigenvalue weighted by Crippen LogP contribution is -2.46. The number of hydrogen-bond donors (Lipinski definition) is 1. The van der Waals surface area contributed by atoms with Gasteiger partial charge in [0.15, 0.2) is 11.5 Å². The maximum Gasteiger partial charge on any atom is 0.231 e. The van der Waals surface area contributed by atoms with E-state index in [1.165, 1.54) is 0 Å². The molecule has 0 amide bonds. The van der Waals surface area contributed by atoms with Gasteiger partial charge < -0.3 is 28.8 Å². The molecule has 0 radical (unpaired) electrons. The van der Waals surface area contributed by atoms with Crippen LogP contribution in [-0.4, -0.2) is 30.2 Å². The Hall–Kier alpha value is -2.60. The first-order valence-electron chi connectivity index (χ1n) is 9.26. The zero-order valence-electron chi connectivity index (χ0n) is 15.2.